The van der Waals surface area contributed by atoms with E-state index in [0.29, 0.717) is 11.1 Å². The normalized spacial score (nSPS) is 11.6. The summed E-state index contributed by atoms with van der Waals surface area (Å²) in [4.78, 5) is 0. The maximum Gasteiger partial charge on any atom is 0.165 e. The molecule has 2 nitrogen and oxygen atoms in total. The molecule has 2 aromatic carbocycles. The molecule has 0 aliphatic carbocycles. The Labute approximate surface area is 110 Å². The van der Waals surface area contributed by atoms with Crippen LogP contribution in [0, 0.1) is 11.6 Å². The summed E-state index contributed by atoms with van der Waals surface area (Å²) in [6.45, 7) is 3.62. The van der Waals surface area contributed by atoms with Crippen LogP contribution in [0.25, 0.3) is 0 Å². The summed E-state index contributed by atoms with van der Waals surface area (Å²) >= 11 is 0. The van der Waals surface area contributed by atoms with Gasteiger partial charge < -0.3 is 10.2 Å². The van der Waals surface area contributed by atoms with Gasteiger partial charge in [0.2, 0.25) is 0 Å². The van der Waals surface area contributed by atoms with Crippen molar-refractivity contribution in [2.75, 3.05) is 0 Å². The van der Waals surface area contributed by atoms with E-state index >= 15 is 0 Å². The highest BCUT2D eigenvalue weighted by molar-refractivity contribution is 5.42. The van der Waals surface area contributed by atoms with Crippen LogP contribution < -0.4 is 0 Å². The lowest BCUT2D eigenvalue weighted by Gasteiger charge is -2.26. The molecule has 0 amide bonds. The Morgan fingerprint density at radius 2 is 1.16 bits per heavy atom. The Hall–Kier alpha value is -2.10. The van der Waals surface area contributed by atoms with E-state index in [2.05, 4.69) is 0 Å². The Bertz CT molecular complexity index is 568. The molecule has 100 valence electrons. The van der Waals surface area contributed by atoms with E-state index in [1.165, 1.54) is 24.3 Å². The summed E-state index contributed by atoms with van der Waals surface area (Å²) in [6, 6.07) is 8.15. The first-order valence-electron chi connectivity index (χ1n) is 5.80. The predicted molar refractivity (Wildman–Crippen MR) is 68.3 cm³/mol. The number of halogens is 2. The molecule has 2 aromatic rings. The highest BCUT2D eigenvalue weighted by Gasteiger charge is 2.25. The van der Waals surface area contributed by atoms with Crippen molar-refractivity contribution in [1.29, 1.82) is 0 Å². The zero-order valence-corrected chi connectivity index (χ0v) is 10.6. The van der Waals surface area contributed by atoms with Crippen LogP contribution in [0.2, 0.25) is 0 Å². The molecule has 19 heavy (non-hydrogen) atoms. The molecule has 0 unspecified atom stereocenters. The van der Waals surface area contributed by atoms with Crippen molar-refractivity contribution >= 4 is 0 Å². The van der Waals surface area contributed by atoms with Crippen molar-refractivity contribution in [3.63, 3.8) is 0 Å². The molecular formula is C15H14F2O2. The minimum atomic E-state index is -0.718. The van der Waals surface area contributed by atoms with Gasteiger partial charge >= 0.3 is 0 Å². The Morgan fingerprint density at radius 1 is 0.789 bits per heavy atom. The molecule has 0 aliphatic heterocycles. The first kappa shape index (κ1) is 13.3. The van der Waals surface area contributed by atoms with E-state index < -0.39 is 28.5 Å². The fraction of sp³-hybridized carbons (Fsp3) is 0.200. The summed E-state index contributed by atoms with van der Waals surface area (Å²) in [5.74, 6) is -2.28. The number of aromatic hydroxyl groups is 2. The molecule has 0 radical (unpaired) electrons. The lowest BCUT2D eigenvalue weighted by Crippen LogP contribution is -2.19. The second-order valence-corrected chi connectivity index (χ2v) is 4.96. The van der Waals surface area contributed by atoms with Gasteiger partial charge in [-0.3, -0.25) is 0 Å². The quantitative estimate of drug-likeness (QED) is 0.868. The molecule has 2 rings (SSSR count). The third-order valence-electron chi connectivity index (χ3n) is 3.34. The van der Waals surface area contributed by atoms with Crippen molar-refractivity contribution in [3.8, 4) is 11.5 Å². The lowest BCUT2D eigenvalue weighted by atomic mass is 9.78. The molecule has 0 aromatic heterocycles. The van der Waals surface area contributed by atoms with Crippen LogP contribution >= 0.6 is 0 Å². The Balaban J connectivity index is 2.51. The van der Waals surface area contributed by atoms with Crippen molar-refractivity contribution in [1.82, 2.24) is 0 Å². The summed E-state index contributed by atoms with van der Waals surface area (Å²) in [6.07, 6.45) is 0. The number of hydrogen-bond donors (Lipinski definition) is 2. The van der Waals surface area contributed by atoms with Gasteiger partial charge in [-0.15, -0.1) is 0 Å². The van der Waals surface area contributed by atoms with Gasteiger partial charge in [-0.2, -0.15) is 0 Å². The summed E-state index contributed by atoms with van der Waals surface area (Å²) < 4.78 is 26.8. The molecule has 0 saturated carbocycles. The molecule has 0 saturated heterocycles. The largest absolute Gasteiger partial charge is 0.505 e. The van der Waals surface area contributed by atoms with Crippen LogP contribution in [-0.4, -0.2) is 10.2 Å². The predicted octanol–water partition coefficient (Wildman–Crippen LogP) is 3.70. The minimum absolute atomic E-state index is 0.420. The summed E-state index contributed by atoms with van der Waals surface area (Å²) in [7, 11) is 0. The minimum Gasteiger partial charge on any atom is -0.505 e. The number of benzene rings is 2. The van der Waals surface area contributed by atoms with E-state index in [4.69, 9.17) is 0 Å². The van der Waals surface area contributed by atoms with E-state index in [-0.39, 0.29) is 0 Å². The van der Waals surface area contributed by atoms with Crippen molar-refractivity contribution in [3.05, 3.63) is 59.2 Å². The molecule has 0 aliphatic rings. The van der Waals surface area contributed by atoms with Crippen molar-refractivity contribution in [2.24, 2.45) is 0 Å². The van der Waals surface area contributed by atoms with Gasteiger partial charge in [0.05, 0.1) is 0 Å². The molecular weight excluding hydrogens is 250 g/mol. The van der Waals surface area contributed by atoms with Crippen LogP contribution in [-0.2, 0) is 5.41 Å². The molecule has 0 bridgehead atoms. The Kier molecular flexibility index (Phi) is 3.18. The van der Waals surface area contributed by atoms with Gasteiger partial charge in [-0.1, -0.05) is 26.0 Å². The van der Waals surface area contributed by atoms with Crippen molar-refractivity contribution < 1.29 is 19.0 Å². The van der Waals surface area contributed by atoms with Gasteiger partial charge in [0.25, 0.3) is 0 Å². The second kappa shape index (κ2) is 4.53. The van der Waals surface area contributed by atoms with Gasteiger partial charge in [0, 0.05) is 5.41 Å². The number of phenols is 2. The molecule has 0 heterocycles. The Morgan fingerprint density at radius 3 is 1.47 bits per heavy atom. The zero-order valence-electron chi connectivity index (χ0n) is 10.6. The van der Waals surface area contributed by atoms with Crippen LogP contribution in [0.3, 0.4) is 0 Å². The standard InChI is InChI=1S/C15H14F2O2/c1-15(2,9-3-5-13(18)11(16)7-9)10-4-6-14(19)12(17)8-10/h3-8,18-19H,1-2H3. The zero-order chi connectivity index (χ0) is 14.2. The highest BCUT2D eigenvalue weighted by atomic mass is 19.1. The first-order valence-corrected chi connectivity index (χ1v) is 5.80. The highest BCUT2D eigenvalue weighted by Crippen LogP contribution is 2.34. The van der Waals surface area contributed by atoms with Gasteiger partial charge in [-0.25, -0.2) is 8.78 Å². The second-order valence-electron chi connectivity index (χ2n) is 4.96. The summed E-state index contributed by atoms with van der Waals surface area (Å²) in [5.41, 5.74) is 0.559. The molecule has 4 heteroatoms. The van der Waals surface area contributed by atoms with Crippen molar-refractivity contribution in [2.45, 2.75) is 19.3 Å². The maximum absolute atomic E-state index is 13.4. The van der Waals surface area contributed by atoms with Gasteiger partial charge in [0.15, 0.2) is 23.1 Å². The van der Waals surface area contributed by atoms with Crippen LogP contribution in [0.15, 0.2) is 36.4 Å². The summed E-state index contributed by atoms with van der Waals surface area (Å²) in [5, 5.41) is 18.4. The van der Waals surface area contributed by atoms with Crippen LogP contribution in [0.4, 0.5) is 8.78 Å². The van der Waals surface area contributed by atoms with Gasteiger partial charge in [0.1, 0.15) is 0 Å². The monoisotopic (exact) mass is 264 g/mol. The number of hydrogen-bond acceptors (Lipinski definition) is 2. The molecule has 0 fully saturated rings. The fourth-order valence-corrected chi connectivity index (χ4v) is 1.96. The van der Waals surface area contributed by atoms with E-state index in [1.807, 2.05) is 13.8 Å². The third kappa shape index (κ3) is 2.38. The van der Waals surface area contributed by atoms with E-state index in [9.17, 15) is 19.0 Å². The average Bonchev–Trinajstić information content (AvgIpc) is 2.35. The third-order valence-corrected chi connectivity index (χ3v) is 3.34. The molecule has 2 N–H and O–H groups in total. The average molecular weight is 264 g/mol. The SMILES string of the molecule is CC(C)(c1ccc(O)c(F)c1)c1ccc(O)c(F)c1. The topological polar surface area (TPSA) is 40.5 Å². The molecule has 0 spiro atoms. The van der Waals surface area contributed by atoms with E-state index in [0.717, 1.165) is 0 Å². The van der Waals surface area contributed by atoms with Crippen LogP contribution in [0.5, 0.6) is 11.5 Å². The smallest absolute Gasteiger partial charge is 0.165 e. The number of phenolic OH excluding ortho intramolecular Hbond substituents is 2. The van der Waals surface area contributed by atoms with Gasteiger partial charge in [-0.05, 0) is 35.4 Å². The van der Waals surface area contributed by atoms with Crippen LogP contribution in [0.1, 0.15) is 25.0 Å². The maximum atomic E-state index is 13.4. The first-order chi connectivity index (χ1) is 8.82. The fourth-order valence-electron chi connectivity index (χ4n) is 1.96. The number of rotatable bonds is 2. The lowest BCUT2D eigenvalue weighted by molar-refractivity contribution is 0.428. The van der Waals surface area contributed by atoms with E-state index in [1.54, 1.807) is 12.1 Å². The molecule has 0 atom stereocenters.